The lowest BCUT2D eigenvalue weighted by Gasteiger charge is -2.17. The third kappa shape index (κ3) is 4.85. The van der Waals surface area contributed by atoms with Crippen LogP contribution in [0.15, 0.2) is 41.8 Å². The number of anilines is 2. The number of amides is 1. The Labute approximate surface area is 143 Å². The van der Waals surface area contributed by atoms with Gasteiger partial charge in [0.15, 0.2) is 10.9 Å². The molecule has 0 N–H and O–H groups in total. The van der Waals surface area contributed by atoms with Gasteiger partial charge in [-0.1, -0.05) is 18.2 Å². The van der Waals surface area contributed by atoms with Gasteiger partial charge in [0.25, 0.3) is 0 Å². The highest BCUT2D eigenvalue weighted by atomic mass is 32.1. The monoisotopic (exact) mass is 344 g/mol. The summed E-state index contributed by atoms with van der Waals surface area (Å²) in [6.45, 7) is 2.55. The van der Waals surface area contributed by atoms with Gasteiger partial charge in [-0.25, -0.2) is 9.78 Å². The summed E-state index contributed by atoms with van der Waals surface area (Å²) in [4.78, 5) is 40.0. The van der Waals surface area contributed by atoms with Crippen LogP contribution in [0.2, 0.25) is 0 Å². The molecule has 0 atom stereocenters. The number of hydrogen-bond acceptors (Lipinski definition) is 6. The number of rotatable bonds is 6. The predicted octanol–water partition coefficient (Wildman–Crippen LogP) is 2.97. The summed E-state index contributed by atoms with van der Waals surface area (Å²) in [6, 6.07) is 9.18. The van der Waals surface area contributed by atoms with Gasteiger partial charge in [0.2, 0.25) is 5.91 Å². The Morgan fingerprint density at radius 3 is 2.54 bits per heavy atom. The lowest BCUT2D eigenvalue weighted by atomic mass is 10.3. The summed E-state index contributed by atoms with van der Waals surface area (Å²) in [7, 11) is 0. The van der Waals surface area contributed by atoms with Gasteiger partial charge in [0.05, 0.1) is 11.4 Å². The number of nitrogens with zero attached hydrogens (tertiary/aromatic N) is 2. The Kier molecular flexibility index (Phi) is 5.97. The van der Waals surface area contributed by atoms with Crippen molar-refractivity contribution in [3.05, 3.63) is 47.5 Å². The number of ether oxygens (including phenoxy) is 1. The van der Waals surface area contributed by atoms with Crippen LogP contribution in [0.4, 0.5) is 10.8 Å². The van der Waals surface area contributed by atoms with Crippen molar-refractivity contribution in [3.8, 4) is 0 Å². The summed E-state index contributed by atoms with van der Waals surface area (Å²) in [5.41, 5.74) is 1.24. The summed E-state index contributed by atoms with van der Waals surface area (Å²) in [5.74, 6) is -1.01. The number of hydrogen-bond donors (Lipinski definition) is 0. The van der Waals surface area contributed by atoms with Crippen LogP contribution in [0.3, 0.4) is 0 Å². The molecule has 1 amide bonds. The zero-order chi connectivity index (χ0) is 17.5. The van der Waals surface area contributed by atoms with Gasteiger partial charge in [-0.2, -0.15) is 0 Å². The fourth-order valence-corrected chi connectivity index (χ4v) is 2.69. The van der Waals surface area contributed by atoms with Crippen molar-refractivity contribution in [2.45, 2.75) is 13.8 Å². The fraction of sp³-hybridized carbons (Fsp3) is 0.176. The lowest BCUT2D eigenvalue weighted by molar-refractivity contribution is -0.142. The molecule has 0 radical (unpaired) electrons. The van der Waals surface area contributed by atoms with Gasteiger partial charge in [-0.15, -0.1) is 11.3 Å². The molecule has 6 nitrogen and oxygen atoms in total. The van der Waals surface area contributed by atoms with Crippen LogP contribution in [0.1, 0.15) is 19.5 Å². The quantitative estimate of drug-likeness (QED) is 0.595. The van der Waals surface area contributed by atoms with Crippen LogP contribution >= 0.6 is 11.3 Å². The van der Waals surface area contributed by atoms with Crippen LogP contribution in [-0.2, 0) is 19.1 Å². The normalized spacial score (nSPS) is 10.6. The molecule has 1 heterocycles. The third-order valence-electron chi connectivity index (χ3n) is 2.84. The topological polar surface area (TPSA) is 76.6 Å². The van der Waals surface area contributed by atoms with Gasteiger partial charge in [0, 0.05) is 18.4 Å². The maximum Gasteiger partial charge on any atom is 0.331 e. The number of benzene rings is 1. The van der Waals surface area contributed by atoms with E-state index in [1.165, 1.54) is 42.2 Å². The van der Waals surface area contributed by atoms with E-state index in [4.69, 9.17) is 4.74 Å². The van der Waals surface area contributed by atoms with Gasteiger partial charge >= 0.3 is 5.97 Å². The molecule has 0 unspecified atom stereocenters. The average molecular weight is 344 g/mol. The van der Waals surface area contributed by atoms with Gasteiger partial charge in [0.1, 0.15) is 6.61 Å². The first-order chi connectivity index (χ1) is 11.5. The highest BCUT2D eigenvalue weighted by molar-refractivity contribution is 7.14. The van der Waals surface area contributed by atoms with Crippen LogP contribution in [-0.4, -0.2) is 29.3 Å². The Bertz CT molecular complexity index is 768. The summed E-state index contributed by atoms with van der Waals surface area (Å²) < 4.78 is 4.72. The van der Waals surface area contributed by atoms with E-state index in [0.29, 0.717) is 10.8 Å². The molecule has 2 rings (SSSR count). The van der Waals surface area contributed by atoms with Gasteiger partial charge < -0.3 is 4.74 Å². The zero-order valence-electron chi connectivity index (χ0n) is 13.3. The molecule has 0 saturated heterocycles. The molecule has 24 heavy (non-hydrogen) atoms. The molecule has 7 heteroatoms. The molecule has 1 aromatic heterocycles. The van der Waals surface area contributed by atoms with E-state index >= 15 is 0 Å². The number of carbonyl (C=O) groups is 3. The Balaban J connectivity index is 2.12. The van der Waals surface area contributed by atoms with E-state index < -0.39 is 5.97 Å². The van der Waals surface area contributed by atoms with Crippen LogP contribution in [0.5, 0.6) is 0 Å². The minimum absolute atomic E-state index is 0.160. The van der Waals surface area contributed by atoms with E-state index in [-0.39, 0.29) is 18.3 Å². The van der Waals surface area contributed by atoms with E-state index in [1.807, 2.05) is 30.3 Å². The second kappa shape index (κ2) is 8.16. The predicted molar refractivity (Wildman–Crippen MR) is 92.1 cm³/mol. The molecule has 0 bridgehead atoms. The third-order valence-corrected chi connectivity index (χ3v) is 3.68. The van der Waals surface area contributed by atoms with Crippen molar-refractivity contribution >= 4 is 45.9 Å². The first-order valence-electron chi connectivity index (χ1n) is 7.13. The van der Waals surface area contributed by atoms with E-state index in [0.717, 1.165) is 5.69 Å². The Morgan fingerprint density at radius 2 is 1.92 bits per heavy atom. The molecule has 0 fully saturated rings. The van der Waals surface area contributed by atoms with Crippen LogP contribution in [0.25, 0.3) is 6.08 Å². The number of Topliss-reactive ketones (excluding diaryl/α,β-unsaturated/α-hetero) is 1. The molecule has 2 aromatic rings. The number of para-hydroxylation sites is 1. The smallest absolute Gasteiger partial charge is 0.331 e. The minimum atomic E-state index is -0.619. The minimum Gasteiger partial charge on any atom is -0.455 e. The fourth-order valence-electron chi connectivity index (χ4n) is 1.83. The summed E-state index contributed by atoms with van der Waals surface area (Å²) >= 11 is 1.29. The second-order valence-corrected chi connectivity index (χ2v) is 5.72. The standard InChI is InChI=1S/C17H16N2O4S/c1-12(20)10-23-16(22)9-8-14-11-24-17(18-14)19(13(2)21)15-6-4-3-5-7-15/h3-9,11H,10H2,1-2H3/b9-8+. The van der Waals surface area contributed by atoms with Crippen molar-refractivity contribution < 1.29 is 19.1 Å². The molecule has 1 aromatic carbocycles. The lowest BCUT2D eigenvalue weighted by Crippen LogP contribution is -2.22. The molecule has 0 aliphatic carbocycles. The maximum absolute atomic E-state index is 11.9. The van der Waals surface area contributed by atoms with Crippen LogP contribution in [0, 0.1) is 0 Å². The van der Waals surface area contributed by atoms with E-state index in [2.05, 4.69) is 4.98 Å². The highest BCUT2D eigenvalue weighted by Crippen LogP contribution is 2.28. The van der Waals surface area contributed by atoms with E-state index in [1.54, 1.807) is 5.38 Å². The van der Waals surface area contributed by atoms with Crippen molar-refractivity contribution in [3.63, 3.8) is 0 Å². The molecule has 0 aliphatic rings. The van der Waals surface area contributed by atoms with Gasteiger partial charge in [-0.05, 0) is 25.1 Å². The zero-order valence-corrected chi connectivity index (χ0v) is 14.1. The molecule has 124 valence electrons. The average Bonchev–Trinajstić information content (AvgIpc) is 3.00. The molecule has 0 spiro atoms. The molecular weight excluding hydrogens is 328 g/mol. The number of ketones is 1. The van der Waals surface area contributed by atoms with Crippen molar-refractivity contribution in [1.29, 1.82) is 0 Å². The number of aromatic nitrogens is 1. The maximum atomic E-state index is 11.9. The Morgan fingerprint density at radius 1 is 1.21 bits per heavy atom. The highest BCUT2D eigenvalue weighted by Gasteiger charge is 2.17. The largest absolute Gasteiger partial charge is 0.455 e. The first kappa shape index (κ1) is 17.6. The van der Waals surface area contributed by atoms with Gasteiger partial charge in [-0.3, -0.25) is 14.5 Å². The SMILES string of the molecule is CC(=O)COC(=O)/C=C/c1csc(N(C(C)=O)c2ccccc2)n1. The Hall–Kier alpha value is -2.80. The molecule has 0 aliphatic heterocycles. The van der Waals surface area contributed by atoms with Crippen molar-refractivity contribution in [2.24, 2.45) is 0 Å². The number of esters is 1. The van der Waals surface area contributed by atoms with Crippen LogP contribution < -0.4 is 4.90 Å². The number of carbonyl (C=O) groups excluding carboxylic acids is 3. The summed E-state index contributed by atoms with van der Waals surface area (Å²) in [6.07, 6.45) is 2.67. The molecule has 0 saturated carbocycles. The van der Waals surface area contributed by atoms with E-state index in [9.17, 15) is 14.4 Å². The van der Waals surface area contributed by atoms with Crippen molar-refractivity contribution in [1.82, 2.24) is 4.98 Å². The first-order valence-corrected chi connectivity index (χ1v) is 8.01. The summed E-state index contributed by atoms with van der Waals surface area (Å²) in [5, 5.41) is 2.23. The number of thiazole rings is 1. The van der Waals surface area contributed by atoms with Crippen molar-refractivity contribution in [2.75, 3.05) is 11.5 Å². The second-order valence-electron chi connectivity index (χ2n) is 4.89. The molecular formula is C17H16N2O4S.